The zero-order chi connectivity index (χ0) is 12.4. The van der Waals surface area contributed by atoms with E-state index in [4.69, 9.17) is 5.11 Å². The topological polar surface area (TPSA) is 88.2 Å². The smallest absolute Gasteiger partial charge is 0.337 e. The first-order chi connectivity index (χ1) is 8.08. The van der Waals surface area contributed by atoms with Crippen molar-refractivity contribution in [1.29, 1.82) is 0 Å². The van der Waals surface area contributed by atoms with Crippen LogP contribution in [0, 0.1) is 6.92 Å². The van der Waals surface area contributed by atoms with Crippen LogP contribution in [0.15, 0.2) is 30.5 Å². The predicted octanol–water partition coefficient (Wildman–Crippen LogP) is 0.694. The van der Waals surface area contributed by atoms with Crippen LogP contribution in [0.2, 0.25) is 0 Å². The van der Waals surface area contributed by atoms with E-state index < -0.39 is 12.1 Å². The molecule has 0 aliphatic heterocycles. The van der Waals surface area contributed by atoms with Crippen LogP contribution < -0.4 is 0 Å². The predicted molar refractivity (Wildman–Crippen MR) is 58.7 cm³/mol. The van der Waals surface area contributed by atoms with E-state index >= 15 is 0 Å². The van der Waals surface area contributed by atoms with E-state index in [1.54, 1.807) is 18.3 Å². The van der Waals surface area contributed by atoms with Crippen LogP contribution in [0.4, 0.5) is 0 Å². The van der Waals surface area contributed by atoms with E-state index in [2.05, 4.69) is 10.2 Å². The summed E-state index contributed by atoms with van der Waals surface area (Å²) < 4.78 is 0. The first-order valence-electron chi connectivity index (χ1n) is 4.98. The minimum absolute atomic E-state index is 0.324. The lowest BCUT2D eigenvalue weighted by molar-refractivity contribution is -0.146. The van der Waals surface area contributed by atoms with Gasteiger partial charge in [0.2, 0.25) is 0 Å². The number of aliphatic hydroxyl groups excluding tert-OH is 1. The summed E-state index contributed by atoms with van der Waals surface area (Å²) in [5.41, 5.74) is 1.82. The normalized spacial score (nSPS) is 12.4. The summed E-state index contributed by atoms with van der Waals surface area (Å²) in [6.45, 7) is 1.83. The zero-order valence-electron chi connectivity index (χ0n) is 9.11. The van der Waals surface area contributed by atoms with E-state index in [0.29, 0.717) is 11.3 Å². The molecule has 1 aromatic heterocycles. The van der Waals surface area contributed by atoms with E-state index in [0.717, 1.165) is 5.69 Å². The lowest BCUT2D eigenvalue weighted by Crippen LogP contribution is -2.10. The quantitative estimate of drug-likeness (QED) is 0.814. The molecule has 17 heavy (non-hydrogen) atoms. The maximum atomic E-state index is 10.6. The highest BCUT2D eigenvalue weighted by Gasteiger charge is 2.15. The number of rotatable bonds is 3. The lowest BCUT2D eigenvalue weighted by Gasteiger charge is -2.06. The van der Waals surface area contributed by atoms with Crippen molar-refractivity contribution in [1.82, 2.24) is 15.0 Å². The highest BCUT2D eigenvalue weighted by atomic mass is 16.4. The minimum Gasteiger partial charge on any atom is -0.479 e. The van der Waals surface area contributed by atoms with Gasteiger partial charge in [-0.15, -0.1) is 0 Å². The molecule has 0 bridgehead atoms. The third kappa shape index (κ3) is 2.31. The molecule has 0 fully saturated rings. The van der Waals surface area contributed by atoms with Crippen LogP contribution in [-0.2, 0) is 4.79 Å². The molecule has 0 aliphatic carbocycles. The molecule has 0 aliphatic rings. The Hall–Kier alpha value is -2.21. The van der Waals surface area contributed by atoms with E-state index in [9.17, 15) is 9.90 Å². The van der Waals surface area contributed by atoms with Gasteiger partial charge in [0.25, 0.3) is 0 Å². The molecule has 0 amide bonds. The Balaban J connectivity index is 2.27. The summed E-state index contributed by atoms with van der Waals surface area (Å²) in [6.07, 6.45) is 0.122. The van der Waals surface area contributed by atoms with Crippen LogP contribution in [-0.4, -0.2) is 31.2 Å². The number of aliphatic hydroxyl groups is 1. The van der Waals surface area contributed by atoms with Gasteiger partial charge in [-0.05, 0) is 24.6 Å². The fourth-order valence-corrected chi connectivity index (χ4v) is 1.40. The molecule has 1 atom stereocenters. The second kappa shape index (κ2) is 4.34. The molecule has 6 heteroatoms. The fraction of sp³-hybridized carbons (Fsp3) is 0.182. The summed E-state index contributed by atoms with van der Waals surface area (Å²) >= 11 is 0. The molecule has 1 aromatic carbocycles. The first-order valence-corrected chi connectivity index (χ1v) is 4.98. The molecule has 2 rings (SSSR count). The second-order valence-corrected chi connectivity index (χ2v) is 3.61. The molecular weight excluding hydrogens is 222 g/mol. The van der Waals surface area contributed by atoms with Gasteiger partial charge in [-0.2, -0.15) is 15.0 Å². The van der Waals surface area contributed by atoms with Crippen molar-refractivity contribution < 1.29 is 15.0 Å². The van der Waals surface area contributed by atoms with E-state index in [1.807, 2.05) is 6.92 Å². The highest BCUT2D eigenvalue weighted by Crippen LogP contribution is 2.15. The Morgan fingerprint density at radius 1 is 1.35 bits per heavy atom. The summed E-state index contributed by atoms with van der Waals surface area (Å²) in [7, 11) is 0. The summed E-state index contributed by atoms with van der Waals surface area (Å²) in [6, 6.07) is 6.38. The first kappa shape index (κ1) is 11.3. The summed E-state index contributed by atoms with van der Waals surface area (Å²) in [5, 5.41) is 26.1. The molecule has 2 N–H and O–H groups in total. The Morgan fingerprint density at radius 3 is 2.47 bits per heavy atom. The molecule has 0 radical (unpaired) electrons. The van der Waals surface area contributed by atoms with Crippen LogP contribution in [0.1, 0.15) is 17.4 Å². The van der Waals surface area contributed by atoms with Crippen LogP contribution in [0.3, 0.4) is 0 Å². The van der Waals surface area contributed by atoms with Crippen LogP contribution >= 0.6 is 0 Å². The number of aryl methyl sites for hydroxylation is 1. The number of aliphatic carboxylic acids is 1. The van der Waals surface area contributed by atoms with E-state index in [1.165, 1.54) is 16.9 Å². The van der Waals surface area contributed by atoms with Crippen molar-refractivity contribution in [2.75, 3.05) is 0 Å². The molecule has 0 saturated carbocycles. The van der Waals surface area contributed by atoms with Gasteiger partial charge in [-0.25, -0.2) is 4.79 Å². The number of hydrogen-bond donors (Lipinski definition) is 2. The number of benzene rings is 1. The van der Waals surface area contributed by atoms with Crippen LogP contribution in [0.25, 0.3) is 5.69 Å². The van der Waals surface area contributed by atoms with Crippen LogP contribution in [0.5, 0.6) is 0 Å². The molecule has 2 aromatic rings. The van der Waals surface area contributed by atoms with Crippen molar-refractivity contribution in [3.63, 3.8) is 0 Å². The van der Waals surface area contributed by atoms with Gasteiger partial charge in [0, 0.05) is 0 Å². The monoisotopic (exact) mass is 233 g/mol. The number of aromatic nitrogens is 3. The van der Waals surface area contributed by atoms with Crippen molar-refractivity contribution in [2.45, 2.75) is 13.0 Å². The van der Waals surface area contributed by atoms with E-state index in [-0.39, 0.29) is 0 Å². The van der Waals surface area contributed by atoms with Crippen molar-refractivity contribution in [3.8, 4) is 5.69 Å². The Morgan fingerprint density at radius 2 is 2.00 bits per heavy atom. The van der Waals surface area contributed by atoms with Gasteiger partial charge in [-0.3, -0.25) is 0 Å². The standard InChI is InChI=1S/C11H11N3O3/c1-7-6-12-14(13-7)9-4-2-8(3-5-9)10(15)11(16)17/h2-6,10,15H,1H3,(H,16,17). The molecule has 1 unspecified atom stereocenters. The summed E-state index contributed by atoms with van der Waals surface area (Å²) in [5.74, 6) is -1.27. The van der Waals surface area contributed by atoms with Crippen molar-refractivity contribution >= 4 is 5.97 Å². The fourth-order valence-electron chi connectivity index (χ4n) is 1.40. The molecule has 0 spiro atoms. The molecule has 88 valence electrons. The average molecular weight is 233 g/mol. The third-order valence-corrected chi connectivity index (χ3v) is 2.28. The summed E-state index contributed by atoms with van der Waals surface area (Å²) in [4.78, 5) is 12.0. The van der Waals surface area contributed by atoms with Gasteiger partial charge in [-0.1, -0.05) is 12.1 Å². The van der Waals surface area contributed by atoms with Gasteiger partial charge in [0.15, 0.2) is 6.10 Å². The molecule has 1 heterocycles. The third-order valence-electron chi connectivity index (χ3n) is 2.28. The Kier molecular flexibility index (Phi) is 2.88. The second-order valence-electron chi connectivity index (χ2n) is 3.61. The maximum Gasteiger partial charge on any atom is 0.337 e. The van der Waals surface area contributed by atoms with Gasteiger partial charge < -0.3 is 10.2 Å². The SMILES string of the molecule is Cc1cnn(-c2ccc(C(O)C(=O)O)cc2)n1. The minimum atomic E-state index is -1.50. The van der Waals surface area contributed by atoms with Gasteiger partial charge >= 0.3 is 5.97 Å². The Labute approximate surface area is 97.1 Å². The lowest BCUT2D eigenvalue weighted by atomic mass is 10.1. The number of carbonyl (C=O) groups is 1. The van der Waals surface area contributed by atoms with Crippen molar-refractivity contribution in [3.05, 3.63) is 41.7 Å². The average Bonchev–Trinajstić information content (AvgIpc) is 2.75. The number of nitrogens with zero attached hydrogens (tertiary/aromatic N) is 3. The van der Waals surface area contributed by atoms with Gasteiger partial charge in [0.1, 0.15) is 0 Å². The molecule has 6 nitrogen and oxygen atoms in total. The molecular formula is C11H11N3O3. The largest absolute Gasteiger partial charge is 0.479 e. The Bertz CT molecular complexity index is 533. The number of carboxylic acid groups (broad SMARTS) is 1. The molecule has 0 saturated heterocycles. The van der Waals surface area contributed by atoms with Crippen molar-refractivity contribution in [2.24, 2.45) is 0 Å². The van der Waals surface area contributed by atoms with Gasteiger partial charge in [0.05, 0.1) is 17.6 Å². The highest BCUT2D eigenvalue weighted by molar-refractivity contribution is 5.74. The maximum absolute atomic E-state index is 10.6. The zero-order valence-corrected chi connectivity index (χ0v) is 9.11. The number of carboxylic acids is 1. The number of hydrogen-bond acceptors (Lipinski definition) is 4.